The fraction of sp³-hybridized carbons (Fsp3) is 0. The van der Waals surface area contributed by atoms with Gasteiger partial charge in [-0.05, 0) is 0 Å². The fourth-order valence-electron chi connectivity index (χ4n) is 0. The Hall–Kier alpha value is 0.960. The number of hydrogen-bond acceptors (Lipinski definition) is 8. The van der Waals surface area contributed by atoms with Crippen LogP contribution >= 0.6 is 0 Å². The van der Waals surface area contributed by atoms with Crippen molar-refractivity contribution in [2.24, 2.45) is 0 Å². The van der Waals surface area contributed by atoms with Gasteiger partial charge in [0.2, 0.25) is 0 Å². The van der Waals surface area contributed by atoms with E-state index in [-0.39, 0.29) is 31.8 Å². The van der Waals surface area contributed by atoms with Crippen LogP contribution in [0.3, 0.4) is 0 Å². The van der Waals surface area contributed by atoms with Crippen LogP contribution in [-0.4, -0.2) is 0 Å². The molecule has 10 nitrogen and oxygen atoms in total. The molecule has 0 aromatic rings. The third kappa shape index (κ3) is 1690. The summed E-state index contributed by atoms with van der Waals surface area (Å²) >= 11 is -12.0. The van der Waals surface area contributed by atoms with Crippen LogP contribution in [0.2, 0.25) is 0 Å². The van der Waals surface area contributed by atoms with Gasteiger partial charge in [0.1, 0.15) is 0 Å². The van der Waals surface area contributed by atoms with Crippen LogP contribution in [0.4, 0.5) is 0 Å². The average Bonchev–Trinajstić information content (AvgIpc) is 1.12. The molecule has 0 heterocycles. The van der Waals surface area contributed by atoms with Crippen LogP contribution in [-0.2, 0) is 66.6 Å². The fourth-order valence-corrected chi connectivity index (χ4v) is 0. The van der Waals surface area contributed by atoms with E-state index in [0.29, 0.717) is 0 Å². The van der Waals surface area contributed by atoms with Gasteiger partial charge in [-0.2, -0.15) is 0 Å². The summed E-state index contributed by atoms with van der Waals surface area (Å²) in [6.45, 7) is 0. The molecule has 8 N–H and O–H groups in total. The average molecular weight is 421 g/mol. The van der Waals surface area contributed by atoms with Gasteiger partial charge in [0, 0.05) is 0 Å². The third-order valence-corrected chi connectivity index (χ3v) is 0. The molecule has 0 amide bonds. The molecule has 0 unspecified atom stereocenters. The van der Waals surface area contributed by atoms with Crippen molar-refractivity contribution in [1.82, 2.24) is 12.3 Å². The first-order valence-corrected chi connectivity index (χ1v) is 7.89. The minimum atomic E-state index is -6.02. The Labute approximate surface area is 93.3 Å². The molecule has 0 aliphatic rings. The molecule has 13 heavy (non-hydrogen) atoms. The van der Waals surface area contributed by atoms with Crippen molar-refractivity contribution in [3.8, 4) is 0 Å². The van der Waals surface area contributed by atoms with E-state index < -0.39 is 33.5 Å². The van der Waals surface area contributed by atoms with Crippen molar-refractivity contribution in [2.45, 2.75) is 0 Å². The van der Waals surface area contributed by atoms with Crippen LogP contribution in [0.25, 0.3) is 0 Å². The second-order valence-corrected chi connectivity index (χ2v) is 4.83. The van der Waals surface area contributed by atoms with Crippen molar-refractivity contribution in [3.63, 3.8) is 0 Å². The zero-order valence-electron chi connectivity index (χ0n) is 6.79. The van der Waals surface area contributed by atoms with Gasteiger partial charge in [-0.25, -0.2) is 0 Å². The number of quaternary nitrogens is 2. The second kappa shape index (κ2) is 11.0. The predicted octanol–water partition coefficient (Wildman–Crippen LogP) is -4.49. The van der Waals surface area contributed by atoms with E-state index in [1.165, 1.54) is 0 Å². The van der Waals surface area contributed by atoms with E-state index in [2.05, 4.69) is 0 Å². The van der Waals surface area contributed by atoms with Crippen molar-refractivity contribution >= 4 is 0 Å². The zero-order chi connectivity index (χ0) is 9.00. The van der Waals surface area contributed by atoms with Crippen LogP contribution in [0.1, 0.15) is 0 Å². The molecule has 0 aliphatic heterocycles. The molecule has 0 fully saturated rings. The zero-order valence-corrected chi connectivity index (χ0v) is 13.8. The molecule has 13 heteroatoms. The van der Waals surface area contributed by atoms with Crippen molar-refractivity contribution in [1.29, 1.82) is 0 Å². The summed E-state index contributed by atoms with van der Waals surface area (Å²) in [5.74, 6) is 0. The minimum absolute atomic E-state index is 0. The first-order valence-electron chi connectivity index (χ1n) is 1.33. The molecule has 0 aromatic heterocycles. The summed E-state index contributed by atoms with van der Waals surface area (Å²) < 4.78 is 69.0. The molecule has 0 radical (unpaired) electrons. The summed E-state index contributed by atoms with van der Waals surface area (Å²) in [7, 11) is 0. The van der Waals surface area contributed by atoms with Gasteiger partial charge in [-0.3, -0.25) is 0 Å². The Morgan fingerprint density at radius 3 is 0.615 bits per heavy atom. The van der Waals surface area contributed by atoms with E-state index >= 15 is 0 Å². The standard InChI is InChI=1S/2Mo.2H3N.8O.Zn/h;;2*1H3;;;;;;;;;/q;;;;;;;;4*-1;+2/p+2. The normalized spacial score (nSPS) is 8.92. The van der Waals surface area contributed by atoms with E-state index in [1.807, 2.05) is 0 Å². The molecule has 0 bridgehead atoms. The topological polar surface area (TPSA) is 234 Å². The summed E-state index contributed by atoms with van der Waals surface area (Å²) in [5.41, 5.74) is 0. The summed E-state index contributed by atoms with van der Waals surface area (Å²) in [6.07, 6.45) is 0. The molecule has 0 aliphatic carbocycles. The quantitative estimate of drug-likeness (QED) is 0.361. The molecule has 80 valence electrons. The molecule has 0 rings (SSSR count). The Kier molecular flexibility index (Phi) is 24.8. The smallest absolute Gasteiger partial charge is 2.00 e. The molecule has 0 aromatic carbocycles. The Morgan fingerprint density at radius 1 is 0.615 bits per heavy atom. The minimum Gasteiger partial charge on any atom is 2.00 e. The van der Waals surface area contributed by atoms with Crippen molar-refractivity contribution in [2.75, 3.05) is 0 Å². The molecular formula is H8Mo2N2O8Zn. The van der Waals surface area contributed by atoms with E-state index in [9.17, 15) is 0 Å². The van der Waals surface area contributed by atoms with Crippen LogP contribution in [0.15, 0.2) is 0 Å². The SMILES string of the molecule is [NH4+].[NH4+].[O]=[Mo](=[O])([O-])[O-].[O]=[Mo](=[O])([O-])[O-].[Zn+2]. The Morgan fingerprint density at radius 2 is 0.615 bits per heavy atom. The summed E-state index contributed by atoms with van der Waals surface area (Å²) in [4.78, 5) is 0. The van der Waals surface area contributed by atoms with Crippen LogP contribution < -0.4 is 27.3 Å². The van der Waals surface area contributed by atoms with E-state index in [4.69, 9.17) is 28.6 Å². The maximum atomic E-state index is 8.63. The predicted molar refractivity (Wildman–Crippen MR) is 14.7 cm³/mol. The third-order valence-electron chi connectivity index (χ3n) is 0. The summed E-state index contributed by atoms with van der Waals surface area (Å²) in [5, 5.41) is 0. The van der Waals surface area contributed by atoms with Crippen molar-refractivity contribution in [3.05, 3.63) is 0 Å². The largest absolute Gasteiger partial charge is 2.00 e. The van der Waals surface area contributed by atoms with Gasteiger partial charge in [0.05, 0.1) is 0 Å². The molecule has 0 saturated carbocycles. The monoisotopic (exact) mass is 424 g/mol. The maximum Gasteiger partial charge on any atom is 2.00 e. The van der Waals surface area contributed by atoms with Gasteiger partial charge < -0.3 is 12.3 Å². The maximum absolute atomic E-state index is 8.63. The molecule has 0 spiro atoms. The van der Waals surface area contributed by atoms with Crippen LogP contribution in [0, 0.1) is 0 Å². The molecule has 0 atom stereocenters. The first-order chi connectivity index (χ1) is 4.00. The number of rotatable bonds is 0. The van der Waals surface area contributed by atoms with Gasteiger partial charge in [-0.1, -0.05) is 0 Å². The number of hydrogen-bond donors (Lipinski definition) is 2. The van der Waals surface area contributed by atoms with Crippen LogP contribution in [0.5, 0.6) is 0 Å². The summed E-state index contributed by atoms with van der Waals surface area (Å²) in [6, 6.07) is 0. The van der Waals surface area contributed by atoms with E-state index in [0.717, 1.165) is 0 Å². The second-order valence-electron chi connectivity index (χ2n) is 0.816. The van der Waals surface area contributed by atoms with Gasteiger partial charge in [0.15, 0.2) is 0 Å². The Bertz CT molecular complexity index is 217. The van der Waals surface area contributed by atoms with E-state index in [1.54, 1.807) is 0 Å². The van der Waals surface area contributed by atoms with Crippen molar-refractivity contribution < 1.29 is 81.6 Å². The Balaban J connectivity index is -0.0000000267. The van der Waals surface area contributed by atoms with Gasteiger partial charge in [-0.15, -0.1) is 0 Å². The van der Waals surface area contributed by atoms with Gasteiger partial charge >= 0.3 is 81.6 Å². The molecule has 0 saturated heterocycles. The molecular weight excluding hydrogens is 413 g/mol. The van der Waals surface area contributed by atoms with Gasteiger partial charge in [0.25, 0.3) is 0 Å². The first kappa shape index (κ1) is 29.2.